The number of rotatable bonds is 10. The van der Waals surface area contributed by atoms with E-state index in [1.165, 1.54) is 3.97 Å². The van der Waals surface area contributed by atoms with Crippen LogP contribution in [0.3, 0.4) is 0 Å². The van der Waals surface area contributed by atoms with Gasteiger partial charge in [0.25, 0.3) is 10.0 Å². The summed E-state index contributed by atoms with van der Waals surface area (Å²) in [4.78, 5) is 0.151. The Hall–Kier alpha value is -3.53. The third-order valence-corrected chi connectivity index (χ3v) is 6.62. The number of unbranched alkanes of at least 4 members (excludes halogenated alkanes) is 1. The van der Waals surface area contributed by atoms with Gasteiger partial charge in [-0.05, 0) is 54.4 Å². The number of fused-ring (bicyclic) bond motifs is 1. The van der Waals surface area contributed by atoms with E-state index in [9.17, 15) is 8.42 Å². The maximum atomic E-state index is 13.5. The smallest absolute Gasteiger partial charge is 0.268 e. The molecule has 170 valence electrons. The molecule has 0 spiro atoms. The molecule has 0 aliphatic rings. The van der Waals surface area contributed by atoms with Crippen molar-refractivity contribution in [3.63, 3.8) is 0 Å². The predicted molar refractivity (Wildman–Crippen MR) is 126 cm³/mol. The number of amidine groups is 1. The normalized spacial score (nSPS) is 12.0. The number of aromatic nitrogens is 1. The van der Waals surface area contributed by atoms with Crippen LogP contribution >= 0.6 is 0 Å². The summed E-state index contributed by atoms with van der Waals surface area (Å²) in [7, 11) is -2.32. The van der Waals surface area contributed by atoms with Gasteiger partial charge in [-0.15, -0.1) is 0 Å². The zero-order valence-electron chi connectivity index (χ0n) is 18.1. The minimum absolute atomic E-state index is 0.151. The third-order valence-electron chi connectivity index (χ3n) is 4.93. The van der Waals surface area contributed by atoms with E-state index in [1.807, 2.05) is 0 Å². The molecule has 3 rings (SSSR count). The van der Waals surface area contributed by atoms with Crippen LogP contribution in [-0.4, -0.2) is 38.7 Å². The highest BCUT2D eigenvalue weighted by atomic mass is 32.2. The van der Waals surface area contributed by atoms with E-state index in [2.05, 4.69) is 29.3 Å². The van der Waals surface area contributed by atoms with E-state index >= 15 is 0 Å². The second kappa shape index (κ2) is 10.2. The number of nitrogens with one attached hydrogen (secondary N) is 1. The number of nitrogens with zero attached hydrogens (tertiary/aromatic N) is 3. The van der Waals surface area contributed by atoms with Crippen molar-refractivity contribution in [1.29, 1.82) is 0 Å². The van der Waals surface area contributed by atoms with E-state index in [0.29, 0.717) is 40.4 Å². The van der Waals surface area contributed by atoms with Gasteiger partial charge in [0.1, 0.15) is 17.3 Å². The fourth-order valence-electron chi connectivity index (χ4n) is 3.25. The Bertz CT molecular complexity index is 1220. The Balaban J connectivity index is 2.04. The lowest BCUT2D eigenvalue weighted by Crippen LogP contribution is -2.21. The van der Waals surface area contributed by atoms with Crippen LogP contribution < -0.4 is 20.7 Å². The van der Waals surface area contributed by atoms with Crippen LogP contribution in [0.25, 0.3) is 10.9 Å². The first-order valence-corrected chi connectivity index (χ1v) is 11.5. The van der Waals surface area contributed by atoms with Gasteiger partial charge >= 0.3 is 0 Å². The van der Waals surface area contributed by atoms with Crippen molar-refractivity contribution < 1.29 is 17.9 Å². The molecule has 3 aromatic rings. The van der Waals surface area contributed by atoms with Gasteiger partial charge in [0.2, 0.25) is 0 Å². The van der Waals surface area contributed by atoms with E-state index in [4.69, 9.17) is 15.3 Å². The van der Waals surface area contributed by atoms with Gasteiger partial charge in [-0.2, -0.15) is 10.2 Å². The van der Waals surface area contributed by atoms with Crippen LogP contribution in [0.2, 0.25) is 0 Å². The molecular weight excluding hydrogens is 430 g/mol. The average molecular weight is 458 g/mol. The fourth-order valence-corrected chi connectivity index (χ4v) is 4.64. The van der Waals surface area contributed by atoms with Crippen molar-refractivity contribution in [1.82, 2.24) is 9.40 Å². The molecule has 0 bridgehead atoms. The van der Waals surface area contributed by atoms with E-state index in [0.717, 1.165) is 12.8 Å². The number of hydrogen-bond donors (Lipinski definition) is 2. The Morgan fingerprint density at radius 2 is 1.91 bits per heavy atom. The Kier molecular flexibility index (Phi) is 7.37. The van der Waals surface area contributed by atoms with Crippen LogP contribution in [0.4, 0.5) is 0 Å². The molecule has 0 saturated heterocycles. The van der Waals surface area contributed by atoms with Crippen LogP contribution in [0.5, 0.6) is 11.5 Å². The van der Waals surface area contributed by atoms with Crippen molar-refractivity contribution in [3.8, 4) is 11.5 Å². The van der Waals surface area contributed by atoms with Crippen LogP contribution in [-0.2, 0) is 16.4 Å². The fraction of sp³-hybridized carbons (Fsp3) is 0.273. The van der Waals surface area contributed by atoms with Crippen molar-refractivity contribution in [3.05, 3.63) is 54.2 Å². The van der Waals surface area contributed by atoms with Crippen LogP contribution in [0.15, 0.2) is 63.8 Å². The summed E-state index contributed by atoms with van der Waals surface area (Å²) in [6.45, 7) is 6.04. The van der Waals surface area contributed by atoms with E-state index in [1.54, 1.807) is 55.8 Å². The minimum atomic E-state index is -3.87. The minimum Gasteiger partial charge on any atom is -0.497 e. The standard InChI is InChI=1S/C22H27N5O4S/c1-4-5-12-31-17-6-9-19(10-7-17)32(28,29)27-15-16(13-22(25-23)26-24-2)20-14-18(30-3)8-11-21(20)27/h6-11,14-15H,2,4-5,12-13,23H2,1,3H3,(H,25,26). The van der Waals surface area contributed by atoms with Crippen molar-refractivity contribution in [2.75, 3.05) is 13.7 Å². The molecule has 0 aliphatic carbocycles. The number of hydrogen-bond acceptors (Lipinski definition) is 7. The van der Waals surface area contributed by atoms with Crippen molar-refractivity contribution >= 4 is 33.5 Å². The summed E-state index contributed by atoms with van der Waals surface area (Å²) in [6.07, 6.45) is 3.74. The molecule has 0 amide bonds. The third kappa shape index (κ3) is 4.86. The highest BCUT2D eigenvalue weighted by Crippen LogP contribution is 2.30. The summed E-state index contributed by atoms with van der Waals surface area (Å²) in [5.41, 5.74) is 3.81. The Labute approximate surface area is 187 Å². The summed E-state index contributed by atoms with van der Waals surface area (Å²) < 4.78 is 39.1. The van der Waals surface area contributed by atoms with Gasteiger partial charge in [-0.1, -0.05) is 13.3 Å². The van der Waals surface area contributed by atoms with Crippen molar-refractivity contribution in [2.24, 2.45) is 16.0 Å². The molecule has 0 radical (unpaired) electrons. The molecule has 9 nitrogen and oxygen atoms in total. The molecule has 0 unspecified atom stereocenters. The molecule has 3 N–H and O–H groups in total. The molecule has 1 heterocycles. The number of methoxy groups -OCH3 is 1. The molecule has 32 heavy (non-hydrogen) atoms. The largest absolute Gasteiger partial charge is 0.497 e. The molecule has 0 saturated carbocycles. The van der Waals surface area contributed by atoms with Gasteiger partial charge in [0.15, 0.2) is 0 Å². The maximum absolute atomic E-state index is 13.5. The highest BCUT2D eigenvalue weighted by molar-refractivity contribution is 7.90. The number of ether oxygens (including phenoxy) is 2. The zero-order chi connectivity index (χ0) is 23.1. The molecule has 2 aromatic carbocycles. The Morgan fingerprint density at radius 3 is 2.53 bits per heavy atom. The lowest BCUT2D eigenvalue weighted by molar-refractivity contribution is 0.309. The van der Waals surface area contributed by atoms with Gasteiger partial charge in [-0.25, -0.2) is 12.4 Å². The lowest BCUT2D eigenvalue weighted by Gasteiger charge is -2.10. The average Bonchev–Trinajstić information content (AvgIpc) is 3.17. The predicted octanol–water partition coefficient (Wildman–Crippen LogP) is 3.09. The maximum Gasteiger partial charge on any atom is 0.268 e. The molecular formula is C22H27N5O4S. The first-order chi connectivity index (χ1) is 15.4. The van der Waals surface area contributed by atoms with Crippen LogP contribution in [0.1, 0.15) is 25.3 Å². The SMILES string of the molecule is C=NN/C(Cc1cn(S(=O)(=O)c2ccc(OCCCC)cc2)c2ccc(OC)cc12)=N\N. The number of hydrazone groups is 2. The quantitative estimate of drug-likeness (QED) is 0.159. The first-order valence-electron chi connectivity index (χ1n) is 10.1. The van der Waals surface area contributed by atoms with Gasteiger partial charge < -0.3 is 15.3 Å². The molecule has 1 aromatic heterocycles. The highest BCUT2D eigenvalue weighted by Gasteiger charge is 2.22. The molecule has 0 atom stereocenters. The summed E-state index contributed by atoms with van der Waals surface area (Å²) in [6, 6.07) is 11.6. The topological polar surface area (TPSA) is 120 Å². The van der Waals surface area contributed by atoms with Crippen LogP contribution in [0, 0.1) is 0 Å². The van der Waals surface area contributed by atoms with E-state index < -0.39 is 10.0 Å². The zero-order valence-corrected chi connectivity index (χ0v) is 18.9. The molecule has 0 aliphatic heterocycles. The lowest BCUT2D eigenvalue weighted by atomic mass is 10.1. The van der Waals surface area contributed by atoms with E-state index in [-0.39, 0.29) is 11.3 Å². The number of benzene rings is 2. The van der Waals surface area contributed by atoms with Gasteiger partial charge in [-0.3, -0.25) is 5.43 Å². The summed E-state index contributed by atoms with van der Waals surface area (Å²) in [5, 5.41) is 7.94. The van der Waals surface area contributed by atoms with Gasteiger partial charge in [0.05, 0.1) is 24.1 Å². The first kappa shape index (κ1) is 23.1. The second-order valence-corrected chi connectivity index (χ2v) is 8.85. The van der Waals surface area contributed by atoms with Crippen molar-refractivity contribution in [2.45, 2.75) is 31.1 Å². The van der Waals surface area contributed by atoms with Gasteiger partial charge in [0, 0.05) is 24.7 Å². The molecule has 0 fully saturated rings. The second-order valence-electron chi connectivity index (χ2n) is 7.03. The summed E-state index contributed by atoms with van der Waals surface area (Å²) in [5.74, 6) is 7.00. The number of nitrogens with two attached hydrogens (primary N) is 1. The molecule has 10 heteroatoms. The summed E-state index contributed by atoms with van der Waals surface area (Å²) >= 11 is 0. The Morgan fingerprint density at radius 1 is 1.19 bits per heavy atom. The monoisotopic (exact) mass is 457 g/mol.